The van der Waals surface area contributed by atoms with E-state index in [2.05, 4.69) is 5.32 Å². The van der Waals surface area contributed by atoms with E-state index < -0.39 is 12.1 Å². The van der Waals surface area contributed by atoms with Gasteiger partial charge in [0.25, 0.3) is 0 Å². The van der Waals surface area contributed by atoms with Crippen LogP contribution in [0.5, 0.6) is 11.5 Å². The molecule has 1 unspecified atom stereocenters. The number of nitrogens with zero attached hydrogens (tertiary/aromatic N) is 1. The van der Waals surface area contributed by atoms with Gasteiger partial charge in [-0.25, -0.2) is 9.18 Å². The summed E-state index contributed by atoms with van der Waals surface area (Å²) < 4.78 is 24.0. The Morgan fingerprint density at radius 1 is 1.17 bits per heavy atom. The first kappa shape index (κ1) is 20.4. The topological polar surface area (TPSA) is 67.9 Å². The van der Waals surface area contributed by atoms with Crippen molar-refractivity contribution in [2.45, 2.75) is 25.8 Å². The van der Waals surface area contributed by atoms with Gasteiger partial charge in [0, 0.05) is 24.4 Å². The predicted molar refractivity (Wildman–Crippen MR) is 108 cm³/mol. The summed E-state index contributed by atoms with van der Waals surface area (Å²) >= 11 is 0. The van der Waals surface area contributed by atoms with Crippen molar-refractivity contribution in [2.75, 3.05) is 19.5 Å². The molecule has 0 bridgehead atoms. The molecule has 0 saturated carbocycles. The van der Waals surface area contributed by atoms with Crippen molar-refractivity contribution in [2.24, 2.45) is 0 Å². The molecule has 0 fully saturated rings. The minimum absolute atomic E-state index is 0.0938. The van der Waals surface area contributed by atoms with Crippen LogP contribution in [0.4, 0.5) is 14.9 Å². The van der Waals surface area contributed by atoms with Crippen LogP contribution in [0, 0.1) is 5.82 Å². The van der Waals surface area contributed by atoms with Crippen LogP contribution in [0.25, 0.3) is 0 Å². The van der Waals surface area contributed by atoms with E-state index in [-0.39, 0.29) is 18.0 Å². The number of nitrogens with one attached hydrogen (secondary N) is 1. The van der Waals surface area contributed by atoms with Crippen LogP contribution in [0.3, 0.4) is 0 Å². The first-order chi connectivity index (χ1) is 14.0. The first-order valence-electron chi connectivity index (χ1n) is 9.27. The van der Waals surface area contributed by atoms with Crippen molar-refractivity contribution in [3.8, 4) is 11.5 Å². The van der Waals surface area contributed by atoms with Gasteiger partial charge in [-0.3, -0.25) is 9.69 Å². The van der Waals surface area contributed by atoms with E-state index >= 15 is 0 Å². The Balaban J connectivity index is 1.91. The number of allylic oxidation sites excluding steroid dienone is 1. The van der Waals surface area contributed by atoms with Crippen LogP contribution in [-0.4, -0.2) is 30.9 Å². The Hall–Kier alpha value is -3.35. The predicted octanol–water partition coefficient (Wildman–Crippen LogP) is 4.47. The zero-order valence-corrected chi connectivity index (χ0v) is 16.6. The molecule has 1 atom stereocenters. The van der Waals surface area contributed by atoms with Gasteiger partial charge in [-0.1, -0.05) is 19.1 Å². The number of halogens is 1. The zero-order chi connectivity index (χ0) is 21.0. The van der Waals surface area contributed by atoms with Gasteiger partial charge in [0.15, 0.2) is 17.3 Å². The maximum absolute atomic E-state index is 13.3. The largest absolute Gasteiger partial charge is 0.493 e. The van der Waals surface area contributed by atoms with Crippen molar-refractivity contribution in [3.05, 3.63) is 65.6 Å². The molecule has 0 saturated heterocycles. The van der Waals surface area contributed by atoms with Crippen LogP contribution in [0.15, 0.2) is 48.7 Å². The van der Waals surface area contributed by atoms with Crippen molar-refractivity contribution >= 4 is 17.5 Å². The van der Waals surface area contributed by atoms with Gasteiger partial charge in [-0.2, -0.15) is 0 Å². The number of amides is 2. The number of hydrogen-bond acceptors (Lipinski definition) is 4. The van der Waals surface area contributed by atoms with Crippen molar-refractivity contribution in [1.29, 1.82) is 0 Å². The van der Waals surface area contributed by atoms with Gasteiger partial charge >= 0.3 is 6.03 Å². The lowest BCUT2D eigenvalue weighted by Crippen LogP contribution is -2.37. The highest BCUT2D eigenvalue weighted by molar-refractivity contribution is 5.96. The second-order valence-corrected chi connectivity index (χ2v) is 6.61. The Labute approximate surface area is 168 Å². The standard InChI is InChI=1S/C22H23FN2O4/c1-4-14-11-20(28-2)21(29-3)13-18(14)24-22(27)25-10-9-17(26)12-19(25)15-5-7-16(23)8-6-15/h5-11,13,19H,4,12H2,1-3H3,(H,24,27). The summed E-state index contributed by atoms with van der Waals surface area (Å²) in [7, 11) is 3.08. The number of carbonyl (C=O) groups excluding carboxylic acids is 2. The number of hydrogen-bond donors (Lipinski definition) is 1. The molecule has 1 aliphatic rings. The molecule has 0 aliphatic carbocycles. The SMILES string of the molecule is CCc1cc(OC)c(OC)cc1NC(=O)N1C=CC(=O)CC1c1ccc(F)cc1. The number of urea groups is 1. The van der Waals surface area contributed by atoms with Gasteiger partial charge in [-0.05, 0) is 41.8 Å². The summed E-state index contributed by atoms with van der Waals surface area (Å²) in [6.07, 6.45) is 3.63. The van der Waals surface area contributed by atoms with E-state index in [1.54, 1.807) is 25.3 Å². The number of methoxy groups -OCH3 is 2. The van der Waals surface area contributed by atoms with Crippen LogP contribution < -0.4 is 14.8 Å². The minimum Gasteiger partial charge on any atom is -0.493 e. The van der Waals surface area contributed by atoms with Crippen LogP contribution in [-0.2, 0) is 11.2 Å². The highest BCUT2D eigenvalue weighted by atomic mass is 19.1. The van der Waals surface area contributed by atoms with Crippen molar-refractivity contribution < 1.29 is 23.5 Å². The lowest BCUT2D eigenvalue weighted by Gasteiger charge is -2.31. The molecule has 2 aromatic carbocycles. The van der Waals surface area contributed by atoms with Gasteiger partial charge in [0.2, 0.25) is 0 Å². The second-order valence-electron chi connectivity index (χ2n) is 6.61. The zero-order valence-electron chi connectivity index (χ0n) is 16.6. The maximum atomic E-state index is 13.3. The number of rotatable bonds is 5. The number of ketones is 1. The number of carbonyl (C=O) groups is 2. The summed E-state index contributed by atoms with van der Waals surface area (Å²) in [5, 5.41) is 2.90. The fourth-order valence-corrected chi connectivity index (χ4v) is 3.31. The first-order valence-corrected chi connectivity index (χ1v) is 9.27. The van der Waals surface area contributed by atoms with E-state index in [0.29, 0.717) is 29.2 Å². The summed E-state index contributed by atoms with van der Waals surface area (Å²) in [5.41, 5.74) is 2.16. The molecule has 1 aliphatic heterocycles. The summed E-state index contributed by atoms with van der Waals surface area (Å²) in [6.45, 7) is 1.97. The molecule has 0 aromatic heterocycles. The molecule has 2 aromatic rings. The van der Waals surface area contributed by atoms with Gasteiger partial charge < -0.3 is 14.8 Å². The molecule has 0 spiro atoms. The summed E-state index contributed by atoms with van der Waals surface area (Å²) in [5.74, 6) is 0.610. The third-order valence-corrected chi connectivity index (χ3v) is 4.87. The molecule has 152 valence electrons. The average Bonchev–Trinajstić information content (AvgIpc) is 2.73. The molecule has 0 radical (unpaired) electrons. The lowest BCUT2D eigenvalue weighted by molar-refractivity contribution is -0.116. The van der Waals surface area contributed by atoms with Gasteiger partial charge in [-0.15, -0.1) is 0 Å². The third-order valence-electron chi connectivity index (χ3n) is 4.87. The highest BCUT2D eigenvalue weighted by Gasteiger charge is 2.29. The molecule has 2 amide bonds. The molecule has 29 heavy (non-hydrogen) atoms. The molecular weight excluding hydrogens is 375 g/mol. The Morgan fingerprint density at radius 3 is 2.45 bits per heavy atom. The van der Waals surface area contributed by atoms with E-state index in [1.807, 2.05) is 13.0 Å². The smallest absolute Gasteiger partial charge is 0.326 e. The van der Waals surface area contributed by atoms with Crippen LogP contribution in [0.1, 0.15) is 30.5 Å². The number of ether oxygens (including phenoxy) is 2. The normalized spacial score (nSPS) is 15.9. The van der Waals surface area contributed by atoms with Crippen molar-refractivity contribution in [3.63, 3.8) is 0 Å². The fourth-order valence-electron chi connectivity index (χ4n) is 3.31. The molecule has 7 heteroatoms. The fraction of sp³-hybridized carbons (Fsp3) is 0.273. The Kier molecular flexibility index (Phi) is 6.16. The van der Waals surface area contributed by atoms with E-state index in [0.717, 1.165) is 5.56 Å². The summed E-state index contributed by atoms with van der Waals surface area (Å²) in [4.78, 5) is 26.4. The van der Waals surface area contributed by atoms with Crippen molar-refractivity contribution in [1.82, 2.24) is 4.90 Å². The third kappa shape index (κ3) is 4.39. The number of anilines is 1. The molecule has 6 nitrogen and oxygen atoms in total. The molecule has 1 heterocycles. The van der Waals surface area contributed by atoms with E-state index in [1.165, 1.54) is 36.4 Å². The number of benzene rings is 2. The van der Waals surface area contributed by atoms with Gasteiger partial charge in [0.1, 0.15) is 5.82 Å². The average molecular weight is 398 g/mol. The highest BCUT2D eigenvalue weighted by Crippen LogP contribution is 2.35. The summed E-state index contributed by atoms with van der Waals surface area (Å²) in [6, 6.07) is 8.42. The van der Waals surface area contributed by atoms with E-state index in [4.69, 9.17) is 9.47 Å². The lowest BCUT2D eigenvalue weighted by atomic mass is 9.97. The molecule has 3 rings (SSSR count). The van der Waals surface area contributed by atoms with E-state index in [9.17, 15) is 14.0 Å². The van der Waals surface area contributed by atoms with Crippen LogP contribution >= 0.6 is 0 Å². The molecule has 1 N–H and O–H groups in total. The van der Waals surface area contributed by atoms with Crippen LogP contribution in [0.2, 0.25) is 0 Å². The Bertz CT molecular complexity index is 941. The quantitative estimate of drug-likeness (QED) is 0.807. The molecular formula is C22H23FN2O4. The second kappa shape index (κ2) is 8.77. The Morgan fingerprint density at radius 2 is 1.83 bits per heavy atom. The minimum atomic E-state index is -0.515. The van der Waals surface area contributed by atoms with Gasteiger partial charge in [0.05, 0.1) is 20.3 Å². The number of aryl methyl sites for hydroxylation is 1. The monoisotopic (exact) mass is 398 g/mol. The maximum Gasteiger partial charge on any atom is 0.326 e.